The number of hydrogen-bond acceptors (Lipinski definition) is 4. The van der Waals surface area contributed by atoms with Crippen molar-refractivity contribution in [2.45, 2.75) is 52.4 Å². The van der Waals surface area contributed by atoms with E-state index in [1.165, 1.54) is 0 Å². The summed E-state index contributed by atoms with van der Waals surface area (Å²) in [6.45, 7) is 8.58. The van der Waals surface area contributed by atoms with Gasteiger partial charge in [-0.15, -0.1) is 0 Å². The van der Waals surface area contributed by atoms with Crippen LogP contribution in [0.25, 0.3) is 0 Å². The Hall–Kier alpha value is -2.10. The average Bonchev–Trinajstić information content (AvgIpc) is 2.49. The van der Waals surface area contributed by atoms with E-state index < -0.39 is 11.9 Å². The number of esters is 2. The summed E-state index contributed by atoms with van der Waals surface area (Å²) in [6.07, 6.45) is 5.12. The van der Waals surface area contributed by atoms with E-state index in [9.17, 15) is 9.59 Å². The molecule has 0 saturated heterocycles. The lowest BCUT2D eigenvalue weighted by atomic mass is 9.86. The maximum atomic E-state index is 11.9. The van der Waals surface area contributed by atoms with Crippen molar-refractivity contribution in [2.24, 2.45) is 0 Å². The van der Waals surface area contributed by atoms with E-state index in [0.29, 0.717) is 12.4 Å². The average molecular weight is 318 g/mol. The summed E-state index contributed by atoms with van der Waals surface area (Å²) in [5, 5.41) is 0. The zero-order valence-corrected chi connectivity index (χ0v) is 14.4. The smallest absolute Gasteiger partial charge is 0.336 e. The summed E-state index contributed by atoms with van der Waals surface area (Å²) in [6, 6.07) is 7.38. The first kappa shape index (κ1) is 18.9. The molecule has 0 heterocycles. The molecular weight excluding hydrogens is 292 g/mol. The van der Waals surface area contributed by atoms with E-state index in [2.05, 4.69) is 6.92 Å². The van der Waals surface area contributed by atoms with Gasteiger partial charge in [-0.25, -0.2) is 9.59 Å². The van der Waals surface area contributed by atoms with Gasteiger partial charge in [0.1, 0.15) is 5.75 Å². The van der Waals surface area contributed by atoms with E-state index in [-0.39, 0.29) is 5.41 Å². The van der Waals surface area contributed by atoms with E-state index in [1.807, 2.05) is 39.0 Å². The van der Waals surface area contributed by atoms with Crippen LogP contribution in [-0.4, -0.2) is 18.5 Å². The fourth-order valence-corrected chi connectivity index (χ4v) is 2.03. The molecule has 126 valence electrons. The zero-order chi connectivity index (χ0) is 17.3. The Labute approximate surface area is 138 Å². The second-order valence-electron chi connectivity index (χ2n) is 6.38. The van der Waals surface area contributed by atoms with Crippen LogP contribution in [0.2, 0.25) is 0 Å². The van der Waals surface area contributed by atoms with Crippen LogP contribution in [0.15, 0.2) is 36.4 Å². The number of unbranched alkanes of at least 4 members (excludes halogenated alkanes) is 2. The third-order valence-electron chi connectivity index (χ3n) is 3.25. The van der Waals surface area contributed by atoms with Crippen LogP contribution in [0, 0.1) is 0 Å². The SMILES string of the molecule is CCCCCOC(=O)/C=C/C(=O)Oc1ccccc1C(C)(C)C. The summed E-state index contributed by atoms with van der Waals surface area (Å²) in [4.78, 5) is 23.3. The molecule has 0 aromatic heterocycles. The number of ether oxygens (including phenoxy) is 2. The van der Waals surface area contributed by atoms with E-state index in [0.717, 1.165) is 37.0 Å². The first-order valence-corrected chi connectivity index (χ1v) is 8.00. The summed E-state index contributed by atoms with van der Waals surface area (Å²) < 4.78 is 10.3. The standard InChI is InChI=1S/C19H26O4/c1-5-6-9-14-22-17(20)12-13-18(21)23-16-11-8-7-10-15(16)19(2,3)4/h7-8,10-13H,5-6,9,14H2,1-4H3/b13-12+. The molecule has 4 nitrogen and oxygen atoms in total. The van der Waals surface area contributed by atoms with Crippen LogP contribution in [-0.2, 0) is 19.7 Å². The monoisotopic (exact) mass is 318 g/mol. The van der Waals surface area contributed by atoms with E-state index in [1.54, 1.807) is 6.07 Å². The predicted molar refractivity (Wildman–Crippen MR) is 90.4 cm³/mol. The molecule has 0 aliphatic rings. The third-order valence-corrected chi connectivity index (χ3v) is 3.25. The highest BCUT2D eigenvalue weighted by molar-refractivity contribution is 5.92. The van der Waals surface area contributed by atoms with Crippen molar-refractivity contribution in [1.82, 2.24) is 0 Å². The van der Waals surface area contributed by atoms with Gasteiger partial charge >= 0.3 is 11.9 Å². The fourth-order valence-electron chi connectivity index (χ4n) is 2.03. The molecule has 23 heavy (non-hydrogen) atoms. The Balaban J connectivity index is 2.57. The maximum Gasteiger partial charge on any atom is 0.336 e. The molecule has 0 aliphatic heterocycles. The molecule has 1 rings (SSSR count). The highest BCUT2D eigenvalue weighted by Crippen LogP contribution is 2.30. The van der Waals surface area contributed by atoms with Crippen molar-refractivity contribution in [3.05, 3.63) is 42.0 Å². The molecule has 0 atom stereocenters. The lowest BCUT2D eigenvalue weighted by Gasteiger charge is -2.21. The molecule has 0 radical (unpaired) electrons. The van der Waals surface area contributed by atoms with Crippen molar-refractivity contribution in [3.63, 3.8) is 0 Å². The van der Waals surface area contributed by atoms with Gasteiger partial charge in [0.2, 0.25) is 0 Å². The largest absolute Gasteiger partial charge is 0.463 e. The van der Waals surface area contributed by atoms with Gasteiger partial charge in [-0.1, -0.05) is 58.7 Å². The molecular formula is C19H26O4. The van der Waals surface area contributed by atoms with Crippen LogP contribution in [0.5, 0.6) is 5.75 Å². The van der Waals surface area contributed by atoms with Crippen molar-refractivity contribution in [3.8, 4) is 5.75 Å². The molecule has 0 spiro atoms. The third kappa shape index (κ3) is 7.13. The molecule has 1 aromatic carbocycles. The first-order valence-electron chi connectivity index (χ1n) is 8.00. The van der Waals surface area contributed by atoms with Crippen LogP contribution < -0.4 is 4.74 Å². The number of hydrogen-bond donors (Lipinski definition) is 0. The topological polar surface area (TPSA) is 52.6 Å². The molecule has 0 fully saturated rings. The number of para-hydroxylation sites is 1. The predicted octanol–water partition coefficient (Wildman–Crippen LogP) is 4.18. The zero-order valence-electron chi connectivity index (χ0n) is 14.4. The number of carbonyl (C=O) groups is 2. The number of carbonyl (C=O) groups excluding carboxylic acids is 2. The van der Waals surface area contributed by atoms with Crippen molar-refractivity contribution < 1.29 is 19.1 Å². The Kier molecular flexibility index (Phi) is 7.52. The molecule has 4 heteroatoms. The van der Waals surface area contributed by atoms with Gasteiger partial charge in [-0.2, -0.15) is 0 Å². The molecule has 0 amide bonds. The minimum absolute atomic E-state index is 0.140. The summed E-state index contributed by atoms with van der Waals surface area (Å²) in [5.74, 6) is -0.611. The summed E-state index contributed by atoms with van der Waals surface area (Å²) in [7, 11) is 0. The Morgan fingerprint density at radius 3 is 2.35 bits per heavy atom. The van der Waals surface area contributed by atoms with Crippen molar-refractivity contribution in [2.75, 3.05) is 6.61 Å². The van der Waals surface area contributed by atoms with Crippen LogP contribution >= 0.6 is 0 Å². The number of benzene rings is 1. The molecule has 0 saturated carbocycles. The Morgan fingerprint density at radius 1 is 1.04 bits per heavy atom. The molecule has 0 aliphatic carbocycles. The van der Waals surface area contributed by atoms with E-state index >= 15 is 0 Å². The van der Waals surface area contributed by atoms with E-state index in [4.69, 9.17) is 9.47 Å². The molecule has 0 unspecified atom stereocenters. The highest BCUT2D eigenvalue weighted by Gasteiger charge is 2.19. The minimum Gasteiger partial charge on any atom is -0.463 e. The molecule has 1 aromatic rings. The normalized spacial score (nSPS) is 11.5. The van der Waals surface area contributed by atoms with Gasteiger partial charge in [-0.3, -0.25) is 0 Å². The van der Waals surface area contributed by atoms with Gasteiger partial charge in [0.25, 0.3) is 0 Å². The van der Waals surface area contributed by atoms with Crippen LogP contribution in [0.3, 0.4) is 0 Å². The van der Waals surface area contributed by atoms with Gasteiger partial charge in [0.15, 0.2) is 0 Å². The lowest BCUT2D eigenvalue weighted by Crippen LogP contribution is -2.15. The first-order chi connectivity index (χ1) is 10.8. The van der Waals surface area contributed by atoms with Crippen molar-refractivity contribution >= 4 is 11.9 Å². The molecule has 0 bridgehead atoms. The Bertz CT molecular complexity index is 553. The van der Waals surface area contributed by atoms with Crippen LogP contribution in [0.4, 0.5) is 0 Å². The second kappa shape index (κ2) is 9.13. The van der Waals surface area contributed by atoms with Crippen LogP contribution in [0.1, 0.15) is 52.5 Å². The van der Waals surface area contributed by atoms with Gasteiger partial charge in [0.05, 0.1) is 6.61 Å². The quantitative estimate of drug-likeness (QED) is 0.327. The van der Waals surface area contributed by atoms with Gasteiger partial charge in [-0.05, 0) is 17.9 Å². The van der Waals surface area contributed by atoms with Crippen molar-refractivity contribution in [1.29, 1.82) is 0 Å². The lowest BCUT2D eigenvalue weighted by molar-refractivity contribution is -0.138. The van der Waals surface area contributed by atoms with Gasteiger partial charge in [0, 0.05) is 17.7 Å². The number of rotatable bonds is 7. The Morgan fingerprint density at radius 2 is 1.70 bits per heavy atom. The fraction of sp³-hybridized carbons (Fsp3) is 0.474. The minimum atomic E-state index is -0.591. The summed E-state index contributed by atoms with van der Waals surface area (Å²) >= 11 is 0. The summed E-state index contributed by atoms with van der Waals surface area (Å²) in [5.41, 5.74) is 0.794. The highest BCUT2D eigenvalue weighted by atomic mass is 16.5. The van der Waals surface area contributed by atoms with Gasteiger partial charge < -0.3 is 9.47 Å². The second-order valence-corrected chi connectivity index (χ2v) is 6.38. The maximum absolute atomic E-state index is 11.9. The molecule has 0 N–H and O–H groups in total.